The largest absolute Gasteiger partial charge is 0.465 e. The van der Waals surface area contributed by atoms with Crippen molar-refractivity contribution in [2.75, 3.05) is 7.11 Å². The van der Waals surface area contributed by atoms with Gasteiger partial charge in [-0.3, -0.25) is 0 Å². The molecule has 0 aliphatic carbocycles. The van der Waals surface area contributed by atoms with E-state index in [1.807, 2.05) is 24.3 Å². The number of rotatable bonds is 2. The zero-order valence-electron chi connectivity index (χ0n) is 8.27. The minimum absolute atomic E-state index is 0.332. The van der Waals surface area contributed by atoms with E-state index in [1.165, 1.54) is 7.11 Å². The van der Waals surface area contributed by atoms with Gasteiger partial charge < -0.3 is 9.15 Å². The second-order valence-corrected chi connectivity index (χ2v) is 3.05. The van der Waals surface area contributed by atoms with Gasteiger partial charge in [-0.15, -0.1) is 0 Å². The van der Waals surface area contributed by atoms with Crippen molar-refractivity contribution in [1.82, 2.24) is 0 Å². The molecule has 0 N–H and O–H groups in total. The molecule has 0 bridgehead atoms. The number of ether oxygens (including phenoxy) is 1. The van der Waals surface area contributed by atoms with Crippen LogP contribution in [-0.2, 0) is 4.74 Å². The Kier molecular flexibility index (Phi) is 2.54. The molecule has 0 aliphatic heterocycles. The Bertz CT molecular complexity index is 440. The topological polar surface area (TPSA) is 39.4 Å². The van der Waals surface area contributed by atoms with E-state index in [2.05, 4.69) is 4.74 Å². The molecule has 0 atom stereocenters. The fraction of sp³-hybridized carbons (Fsp3) is 0.0833. The average molecular weight is 202 g/mol. The predicted molar refractivity (Wildman–Crippen MR) is 55.5 cm³/mol. The van der Waals surface area contributed by atoms with Crippen molar-refractivity contribution in [2.24, 2.45) is 0 Å². The van der Waals surface area contributed by atoms with Crippen LogP contribution in [0.1, 0.15) is 10.4 Å². The van der Waals surface area contributed by atoms with Crippen molar-refractivity contribution in [3.63, 3.8) is 0 Å². The molecular formula is C12H10O3. The number of carbonyl (C=O) groups excluding carboxylic acids is 1. The van der Waals surface area contributed by atoms with Crippen LogP contribution in [0.2, 0.25) is 0 Å². The molecule has 0 aliphatic rings. The standard InChI is InChI=1S/C12H10O3/c1-14-12(13)10-6-4-9(5-7-10)11-3-2-8-15-11/h2-8H,1H3. The maximum Gasteiger partial charge on any atom is 0.337 e. The van der Waals surface area contributed by atoms with Crippen molar-refractivity contribution in [2.45, 2.75) is 0 Å². The molecule has 2 aromatic rings. The van der Waals surface area contributed by atoms with E-state index >= 15 is 0 Å². The maximum absolute atomic E-state index is 11.2. The van der Waals surface area contributed by atoms with Crippen molar-refractivity contribution in [1.29, 1.82) is 0 Å². The Morgan fingerprint density at radius 2 is 1.93 bits per heavy atom. The number of carbonyl (C=O) groups is 1. The fourth-order valence-electron chi connectivity index (χ4n) is 1.33. The van der Waals surface area contributed by atoms with Crippen LogP contribution < -0.4 is 0 Å². The lowest BCUT2D eigenvalue weighted by atomic mass is 10.1. The molecule has 0 unspecified atom stereocenters. The second-order valence-electron chi connectivity index (χ2n) is 3.05. The molecule has 1 aromatic heterocycles. The molecule has 15 heavy (non-hydrogen) atoms. The summed E-state index contributed by atoms with van der Waals surface area (Å²) in [5.74, 6) is 0.451. The second kappa shape index (κ2) is 4.00. The van der Waals surface area contributed by atoms with Crippen molar-refractivity contribution < 1.29 is 13.9 Å². The normalized spacial score (nSPS) is 9.93. The van der Waals surface area contributed by atoms with Crippen molar-refractivity contribution in [3.8, 4) is 11.3 Å². The van der Waals surface area contributed by atoms with Gasteiger partial charge in [-0.05, 0) is 24.3 Å². The molecule has 0 fully saturated rings. The van der Waals surface area contributed by atoms with Gasteiger partial charge in [0.15, 0.2) is 0 Å². The molecule has 3 nitrogen and oxygen atoms in total. The lowest BCUT2D eigenvalue weighted by molar-refractivity contribution is 0.0601. The van der Waals surface area contributed by atoms with Gasteiger partial charge in [0.25, 0.3) is 0 Å². The summed E-state index contributed by atoms with van der Waals surface area (Å²) in [7, 11) is 1.36. The first-order chi connectivity index (χ1) is 7.31. The van der Waals surface area contributed by atoms with E-state index in [9.17, 15) is 4.79 Å². The van der Waals surface area contributed by atoms with Gasteiger partial charge in [-0.1, -0.05) is 12.1 Å². The molecule has 0 saturated carbocycles. The summed E-state index contributed by atoms with van der Waals surface area (Å²) in [4.78, 5) is 11.2. The lowest BCUT2D eigenvalue weighted by Gasteiger charge is -2.00. The third-order valence-electron chi connectivity index (χ3n) is 2.11. The lowest BCUT2D eigenvalue weighted by Crippen LogP contribution is -2.00. The van der Waals surface area contributed by atoms with Gasteiger partial charge in [0.05, 0.1) is 18.9 Å². The van der Waals surface area contributed by atoms with Gasteiger partial charge in [-0.2, -0.15) is 0 Å². The predicted octanol–water partition coefficient (Wildman–Crippen LogP) is 2.73. The molecule has 0 radical (unpaired) electrons. The highest BCUT2D eigenvalue weighted by Crippen LogP contribution is 2.20. The molecule has 0 spiro atoms. The fourth-order valence-corrected chi connectivity index (χ4v) is 1.33. The summed E-state index contributed by atoms with van der Waals surface area (Å²) in [6.07, 6.45) is 1.61. The molecule has 3 heteroatoms. The average Bonchev–Trinajstić information content (AvgIpc) is 2.82. The summed E-state index contributed by atoms with van der Waals surface area (Å²) in [5, 5.41) is 0. The van der Waals surface area contributed by atoms with E-state index in [-0.39, 0.29) is 5.97 Å². The molecule has 0 amide bonds. The Morgan fingerprint density at radius 3 is 2.47 bits per heavy atom. The summed E-state index contributed by atoms with van der Waals surface area (Å²) in [5.41, 5.74) is 1.47. The van der Waals surface area contributed by atoms with Crippen molar-refractivity contribution >= 4 is 5.97 Å². The maximum atomic E-state index is 11.2. The number of furan rings is 1. The van der Waals surface area contributed by atoms with Gasteiger partial charge >= 0.3 is 5.97 Å². The summed E-state index contributed by atoms with van der Waals surface area (Å²) in [6.45, 7) is 0. The van der Waals surface area contributed by atoms with E-state index in [0.29, 0.717) is 5.56 Å². The summed E-state index contributed by atoms with van der Waals surface area (Å²) >= 11 is 0. The SMILES string of the molecule is COC(=O)c1ccc(-c2ccco2)cc1. The quantitative estimate of drug-likeness (QED) is 0.703. The van der Waals surface area contributed by atoms with E-state index < -0.39 is 0 Å². The van der Waals surface area contributed by atoms with Crippen LogP contribution in [0.15, 0.2) is 47.1 Å². The molecular weight excluding hydrogens is 192 g/mol. The molecule has 76 valence electrons. The van der Waals surface area contributed by atoms with E-state index in [1.54, 1.807) is 18.4 Å². The zero-order chi connectivity index (χ0) is 10.7. The minimum atomic E-state index is -0.332. The first-order valence-electron chi connectivity index (χ1n) is 4.53. The first kappa shape index (κ1) is 9.52. The van der Waals surface area contributed by atoms with Gasteiger partial charge in [0.2, 0.25) is 0 Å². The van der Waals surface area contributed by atoms with Crippen LogP contribution >= 0.6 is 0 Å². The number of hydrogen-bond acceptors (Lipinski definition) is 3. The number of esters is 1. The highest BCUT2D eigenvalue weighted by Gasteiger charge is 2.05. The Morgan fingerprint density at radius 1 is 1.20 bits per heavy atom. The molecule has 2 rings (SSSR count). The van der Waals surface area contributed by atoms with Gasteiger partial charge in [-0.25, -0.2) is 4.79 Å². The van der Waals surface area contributed by atoms with E-state index in [0.717, 1.165) is 11.3 Å². The van der Waals surface area contributed by atoms with Crippen LogP contribution in [0.3, 0.4) is 0 Å². The van der Waals surface area contributed by atoms with Gasteiger partial charge in [0.1, 0.15) is 5.76 Å². The molecule has 1 aromatic carbocycles. The third-order valence-corrected chi connectivity index (χ3v) is 2.11. The summed E-state index contributed by atoms with van der Waals surface area (Å²) in [6, 6.07) is 10.8. The number of hydrogen-bond donors (Lipinski definition) is 0. The number of methoxy groups -OCH3 is 1. The van der Waals surface area contributed by atoms with Crippen LogP contribution in [0.5, 0.6) is 0 Å². The Hall–Kier alpha value is -2.03. The Labute approximate surface area is 87.3 Å². The zero-order valence-corrected chi connectivity index (χ0v) is 8.27. The van der Waals surface area contributed by atoms with Crippen LogP contribution in [0.4, 0.5) is 0 Å². The number of benzene rings is 1. The highest BCUT2D eigenvalue weighted by atomic mass is 16.5. The molecule has 1 heterocycles. The van der Waals surface area contributed by atoms with Gasteiger partial charge in [0, 0.05) is 5.56 Å². The molecule has 0 saturated heterocycles. The third kappa shape index (κ3) is 1.91. The monoisotopic (exact) mass is 202 g/mol. The van der Waals surface area contributed by atoms with Crippen molar-refractivity contribution in [3.05, 3.63) is 48.2 Å². The van der Waals surface area contributed by atoms with E-state index in [4.69, 9.17) is 4.42 Å². The highest BCUT2D eigenvalue weighted by molar-refractivity contribution is 5.89. The Balaban J connectivity index is 2.29. The van der Waals surface area contributed by atoms with Crippen LogP contribution in [0.25, 0.3) is 11.3 Å². The first-order valence-corrected chi connectivity index (χ1v) is 4.53. The van der Waals surface area contributed by atoms with Crippen LogP contribution in [0, 0.1) is 0 Å². The summed E-state index contributed by atoms with van der Waals surface area (Å²) < 4.78 is 9.83. The van der Waals surface area contributed by atoms with Crippen LogP contribution in [-0.4, -0.2) is 13.1 Å². The smallest absolute Gasteiger partial charge is 0.337 e. The minimum Gasteiger partial charge on any atom is -0.465 e.